The van der Waals surface area contributed by atoms with Crippen molar-refractivity contribution in [3.63, 3.8) is 0 Å². The lowest BCUT2D eigenvalue weighted by atomic mass is 10.0. The molecule has 0 radical (unpaired) electrons. The number of aromatic nitrogens is 2. The Morgan fingerprint density at radius 1 is 1.17 bits per heavy atom. The molecule has 1 saturated heterocycles. The summed E-state index contributed by atoms with van der Waals surface area (Å²) in [7, 11) is 1.64. The third-order valence-corrected chi connectivity index (χ3v) is 5.40. The second kappa shape index (κ2) is 6.13. The fraction of sp³-hybridized carbons (Fsp3) is 0.529. The van der Waals surface area contributed by atoms with Crippen molar-refractivity contribution in [2.24, 2.45) is 17.8 Å². The highest BCUT2D eigenvalue weighted by atomic mass is 35.5. The fourth-order valence-corrected chi connectivity index (χ4v) is 4.14. The van der Waals surface area contributed by atoms with Gasteiger partial charge in [-0.2, -0.15) is 0 Å². The number of rotatable bonds is 4. The summed E-state index contributed by atoms with van der Waals surface area (Å²) in [5.74, 6) is 3.68. The SMILES string of the molecule is COc1cc2c(Cl)ncnc2cc1OCC1CC2CNCC2C1. The summed E-state index contributed by atoms with van der Waals surface area (Å²) in [5, 5.41) is 4.68. The Morgan fingerprint density at radius 2 is 1.96 bits per heavy atom. The van der Waals surface area contributed by atoms with E-state index in [4.69, 9.17) is 21.1 Å². The zero-order valence-corrected chi connectivity index (χ0v) is 13.8. The summed E-state index contributed by atoms with van der Waals surface area (Å²) in [6.07, 6.45) is 3.97. The Morgan fingerprint density at radius 3 is 2.70 bits per heavy atom. The van der Waals surface area contributed by atoms with E-state index < -0.39 is 0 Å². The summed E-state index contributed by atoms with van der Waals surface area (Å²) in [6.45, 7) is 3.06. The molecule has 0 amide bonds. The van der Waals surface area contributed by atoms with Crippen LogP contribution in [0.5, 0.6) is 11.5 Å². The average Bonchev–Trinajstić information content (AvgIpc) is 3.14. The van der Waals surface area contributed by atoms with Crippen LogP contribution >= 0.6 is 11.6 Å². The van der Waals surface area contributed by atoms with Crippen molar-refractivity contribution in [1.82, 2.24) is 15.3 Å². The topological polar surface area (TPSA) is 56.3 Å². The molecule has 2 atom stereocenters. The Balaban J connectivity index is 1.52. The molecule has 1 saturated carbocycles. The van der Waals surface area contributed by atoms with Gasteiger partial charge in [-0.25, -0.2) is 9.97 Å². The summed E-state index contributed by atoms with van der Waals surface area (Å²) in [4.78, 5) is 8.27. The number of fused-ring (bicyclic) bond motifs is 2. The molecule has 2 fully saturated rings. The molecule has 2 heterocycles. The molecule has 0 spiro atoms. The highest BCUT2D eigenvalue weighted by Crippen LogP contribution is 2.40. The van der Waals surface area contributed by atoms with Crippen molar-refractivity contribution in [1.29, 1.82) is 0 Å². The van der Waals surface area contributed by atoms with Gasteiger partial charge >= 0.3 is 0 Å². The number of hydrogen-bond acceptors (Lipinski definition) is 5. The van der Waals surface area contributed by atoms with E-state index in [0.29, 0.717) is 16.8 Å². The smallest absolute Gasteiger partial charge is 0.163 e. The molecular formula is C17H20ClN3O2. The van der Waals surface area contributed by atoms with Crippen LogP contribution in [-0.4, -0.2) is 36.8 Å². The van der Waals surface area contributed by atoms with E-state index in [9.17, 15) is 0 Å². The highest BCUT2D eigenvalue weighted by Gasteiger charge is 2.37. The zero-order chi connectivity index (χ0) is 15.8. The van der Waals surface area contributed by atoms with Gasteiger partial charge in [0.15, 0.2) is 11.5 Å². The van der Waals surface area contributed by atoms with Crippen molar-refractivity contribution >= 4 is 22.5 Å². The first-order valence-corrected chi connectivity index (χ1v) is 8.44. The van der Waals surface area contributed by atoms with Gasteiger partial charge in [0.1, 0.15) is 11.5 Å². The van der Waals surface area contributed by atoms with Crippen LogP contribution in [0.3, 0.4) is 0 Å². The van der Waals surface area contributed by atoms with Crippen LogP contribution < -0.4 is 14.8 Å². The van der Waals surface area contributed by atoms with Crippen LogP contribution in [0.15, 0.2) is 18.5 Å². The van der Waals surface area contributed by atoms with Crippen LogP contribution in [0.2, 0.25) is 5.15 Å². The van der Waals surface area contributed by atoms with Gasteiger partial charge in [0.05, 0.1) is 19.2 Å². The standard InChI is InChI=1S/C17H20ClN3O2/c1-22-15-4-13-14(20-9-21-17(13)18)5-16(15)23-8-10-2-11-6-19-7-12(11)3-10/h4-5,9-12,19H,2-3,6-8H2,1H3. The molecule has 2 aromatic rings. The van der Waals surface area contributed by atoms with Gasteiger partial charge in [0, 0.05) is 11.5 Å². The molecule has 1 aromatic heterocycles. The molecule has 1 N–H and O–H groups in total. The maximum atomic E-state index is 6.12. The normalized spacial score (nSPS) is 26.4. The van der Waals surface area contributed by atoms with Crippen LogP contribution in [0.4, 0.5) is 0 Å². The van der Waals surface area contributed by atoms with Crippen molar-refractivity contribution in [3.05, 3.63) is 23.6 Å². The summed E-state index contributed by atoms with van der Waals surface area (Å²) < 4.78 is 11.5. The summed E-state index contributed by atoms with van der Waals surface area (Å²) in [6, 6.07) is 3.74. The van der Waals surface area contributed by atoms with Crippen LogP contribution in [-0.2, 0) is 0 Å². The molecule has 2 unspecified atom stereocenters. The van der Waals surface area contributed by atoms with Crippen molar-refractivity contribution in [3.8, 4) is 11.5 Å². The average molecular weight is 334 g/mol. The van der Waals surface area contributed by atoms with Crippen LogP contribution in [0, 0.1) is 17.8 Å². The quantitative estimate of drug-likeness (QED) is 0.872. The lowest BCUT2D eigenvalue weighted by Crippen LogP contribution is -2.15. The minimum absolute atomic E-state index is 0.427. The van der Waals surface area contributed by atoms with Gasteiger partial charge in [0.25, 0.3) is 0 Å². The first kappa shape index (κ1) is 15.0. The fourth-order valence-electron chi connectivity index (χ4n) is 3.94. The molecule has 122 valence electrons. The zero-order valence-electron chi connectivity index (χ0n) is 13.1. The van der Waals surface area contributed by atoms with Crippen molar-refractivity contribution in [2.45, 2.75) is 12.8 Å². The molecule has 4 rings (SSSR count). The van der Waals surface area contributed by atoms with Gasteiger partial charge < -0.3 is 14.8 Å². The number of nitrogens with zero attached hydrogens (tertiary/aromatic N) is 2. The lowest BCUT2D eigenvalue weighted by Gasteiger charge is -2.16. The predicted molar refractivity (Wildman–Crippen MR) is 89.2 cm³/mol. The number of benzene rings is 1. The first-order valence-electron chi connectivity index (χ1n) is 8.06. The van der Waals surface area contributed by atoms with Gasteiger partial charge in [-0.3, -0.25) is 0 Å². The molecular weight excluding hydrogens is 314 g/mol. The van der Waals surface area contributed by atoms with Crippen molar-refractivity contribution in [2.75, 3.05) is 26.8 Å². The molecule has 6 heteroatoms. The number of nitrogens with one attached hydrogen (secondary N) is 1. The second-order valence-electron chi connectivity index (χ2n) is 6.51. The number of ether oxygens (including phenoxy) is 2. The van der Waals surface area contributed by atoms with Gasteiger partial charge in [-0.05, 0) is 49.8 Å². The number of methoxy groups -OCH3 is 1. The molecule has 23 heavy (non-hydrogen) atoms. The van der Waals surface area contributed by atoms with Crippen LogP contribution in [0.1, 0.15) is 12.8 Å². The maximum Gasteiger partial charge on any atom is 0.163 e. The summed E-state index contributed by atoms with van der Waals surface area (Å²) in [5.41, 5.74) is 0.772. The van der Waals surface area contributed by atoms with E-state index in [1.54, 1.807) is 7.11 Å². The minimum atomic E-state index is 0.427. The monoisotopic (exact) mass is 333 g/mol. The van der Waals surface area contributed by atoms with Gasteiger partial charge in [-0.15, -0.1) is 0 Å². The van der Waals surface area contributed by atoms with Gasteiger partial charge in [-0.1, -0.05) is 11.6 Å². The first-order chi connectivity index (χ1) is 11.2. The number of hydrogen-bond donors (Lipinski definition) is 1. The van der Waals surface area contributed by atoms with E-state index in [-0.39, 0.29) is 0 Å². The van der Waals surface area contributed by atoms with E-state index in [2.05, 4.69) is 15.3 Å². The van der Waals surface area contributed by atoms with E-state index in [1.807, 2.05) is 12.1 Å². The Bertz CT molecular complexity index is 712. The Labute approximate surface area is 140 Å². The Kier molecular flexibility index (Phi) is 3.99. The Hall–Kier alpha value is -1.59. The molecule has 2 aliphatic rings. The van der Waals surface area contributed by atoms with Crippen LogP contribution in [0.25, 0.3) is 10.9 Å². The minimum Gasteiger partial charge on any atom is -0.493 e. The summed E-state index contributed by atoms with van der Waals surface area (Å²) >= 11 is 6.12. The van der Waals surface area contributed by atoms with Crippen molar-refractivity contribution < 1.29 is 9.47 Å². The lowest BCUT2D eigenvalue weighted by molar-refractivity contribution is 0.234. The molecule has 0 bridgehead atoms. The molecule has 5 nitrogen and oxygen atoms in total. The number of halogens is 1. The highest BCUT2D eigenvalue weighted by molar-refractivity contribution is 6.34. The van der Waals surface area contributed by atoms with E-state index in [1.165, 1.54) is 19.2 Å². The molecule has 1 aromatic carbocycles. The molecule has 1 aliphatic heterocycles. The van der Waals surface area contributed by atoms with E-state index in [0.717, 1.165) is 48.2 Å². The third kappa shape index (κ3) is 2.83. The molecule has 1 aliphatic carbocycles. The third-order valence-electron chi connectivity index (χ3n) is 5.10. The maximum absolute atomic E-state index is 6.12. The van der Waals surface area contributed by atoms with E-state index >= 15 is 0 Å². The largest absolute Gasteiger partial charge is 0.493 e. The second-order valence-corrected chi connectivity index (χ2v) is 6.87. The predicted octanol–water partition coefficient (Wildman–Crippen LogP) is 2.92. The van der Waals surface area contributed by atoms with Gasteiger partial charge in [0.2, 0.25) is 0 Å².